The lowest BCUT2D eigenvalue weighted by atomic mass is 9.99. The number of nitrogens with zero attached hydrogens (tertiary/aromatic N) is 3. The summed E-state index contributed by atoms with van der Waals surface area (Å²) in [7, 11) is 1.65. The van der Waals surface area contributed by atoms with Gasteiger partial charge in [-0.25, -0.2) is 4.68 Å². The van der Waals surface area contributed by atoms with E-state index < -0.39 is 0 Å². The number of methoxy groups -OCH3 is 1. The van der Waals surface area contributed by atoms with Gasteiger partial charge in [0.2, 0.25) is 11.8 Å². The van der Waals surface area contributed by atoms with Gasteiger partial charge < -0.3 is 14.8 Å². The van der Waals surface area contributed by atoms with E-state index in [1.807, 2.05) is 79.7 Å². The second-order valence-electron chi connectivity index (χ2n) is 10.7. The van der Waals surface area contributed by atoms with Crippen LogP contribution in [0.4, 0.5) is 5.82 Å². The predicted molar refractivity (Wildman–Crippen MR) is 170 cm³/mol. The van der Waals surface area contributed by atoms with Crippen molar-refractivity contribution in [2.45, 2.75) is 31.1 Å². The highest BCUT2D eigenvalue weighted by atomic mass is 35.5. The Hall–Kier alpha value is -3.79. The highest BCUT2D eigenvalue weighted by Crippen LogP contribution is 2.50. The van der Waals surface area contributed by atoms with Crippen LogP contribution in [0.15, 0.2) is 72.8 Å². The van der Waals surface area contributed by atoms with Gasteiger partial charge in [-0.05, 0) is 50.1 Å². The van der Waals surface area contributed by atoms with E-state index in [-0.39, 0.29) is 35.5 Å². The molecule has 0 radical (unpaired) electrons. The monoisotopic (exact) mass is 616 g/mol. The molecule has 3 aromatic carbocycles. The van der Waals surface area contributed by atoms with Crippen molar-refractivity contribution in [1.29, 1.82) is 0 Å². The molecule has 0 saturated carbocycles. The van der Waals surface area contributed by atoms with Gasteiger partial charge in [-0.15, -0.1) is 11.8 Å². The van der Waals surface area contributed by atoms with E-state index in [2.05, 4.69) is 5.32 Å². The number of amides is 2. The molecule has 2 unspecified atom stereocenters. The summed E-state index contributed by atoms with van der Waals surface area (Å²) in [4.78, 5) is 28.9. The zero-order valence-corrected chi connectivity index (χ0v) is 25.7. The molecular formula is C33H33ClN4O4S. The number of aromatic nitrogens is 2. The van der Waals surface area contributed by atoms with Gasteiger partial charge in [0.15, 0.2) is 0 Å². The molecule has 2 aliphatic rings. The van der Waals surface area contributed by atoms with Gasteiger partial charge in [0.25, 0.3) is 0 Å². The van der Waals surface area contributed by atoms with Crippen LogP contribution < -0.4 is 15.0 Å². The molecule has 1 N–H and O–H groups in total. The zero-order valence-electron chi connectivity index (χ0n) is 24.1. The van der Waals surface area contributed by atoms with E-state index in [1.54, 1.807) is 16.7 Å². The molecule has 222 valence electrons. The zero-order chi connectivity index (χ0) is 29.9. The van der Waals surface area contributed by atoms with Crippen molar-refractivity contribution < 1.29 is 19.1 Å². The Morgan fingerprint density at radius 3 is 2.60 bits per heavy atom. The fraction of sp³-hybridized carbons (Fsp3) is 0.303. The van der Waals surface area contributed by atoms with Gasteiger partial charge in [-0.3, -0.25) is 14.5 Å². The van der Waals surface area contributed by atoms with Gasteiger partial charge in [0, 0.05) is 34.9 Å². The number of fused-ring (bicyclic) bond motifs is 1. The lowest BCUT2D eigenvalue weighted by Gasteiger charge is -2.24. The SMILES string of the molecule is COc1ccccc1C1SCC(=O)N(CC(=O)NCC2CCCO2)c2c1c(-c1ccc(Cl)cc1)nn2-c1ccc(C)cc1. The highest BCUT2D eigenvalue weighted by Gasteiger charge is 2.38. The smallest absolute Gasteiger partial charge is 0.240 e. The van der Waals surface area contributed by atoms with Gasteiger partial charge in [0.05, 0.1) is 35.6 Å². The number of rotatable bonds is 8. The van der Waals surface area contributed by atoms with Gasteiger partial charge >= 0.3 is 0 Å². The number of ether oxygens (including phenoxy) is 2. The van der Waals surface area contributed by atoms with Crippen molar-refractivity contribution in [3.8, 4) is 22.7 Å². The molecule has 0 bridgehead atoms. The molecule has 1 aromatic heterocycles. The first-order valence-corrected chi connectivity index (χ1v) is 15.7. The summed E-state index contributed by atoms with van der Waals surface area (Å²) < 4.78 is 13.3. The second-order valence-corrected chi connectivity index (χ2v) is 12.2. The number of anilines is 1. The maximum Gasteiger partial charge on any atom is 0.240 e. The van der Waals surface area contributed by atoms with E-state index in [0.717, 1.165) is 40.8 Å². The van der Waals surface area contributed by atoms with E-state index in [9.17, 15) is 9.59 Å². The van der Waals surface area contributed by atoms with Crippen molar-refractivity contribution in [2.75, 3.05) is 37.5 Å². The molecule has 2 atom stereocenters. The molecule has 10 heteroatoms. The van der Waals surface area contributed by atoms with Crippen LogP contribution in [-0.2, 0) is 14.3 Å². The van der Waals surface area contributed by atoms with Crippen LogP contribution in [0, 0.1) is 6.92 Å². The standard InChI is InChI=1S/C33H33ClN4O4S/c1-21-9-15-24(16-10-21)38-33-30(31(36-38)22-11-13-23(34)14-12-22)32(26-7-3-4-8-27(26)41-2)43-20-29(40)37(33)19-28(39)35-18-25-6-5-17-42-25/h3-4,7-16,25,32H,5-6,17-20H2,1-2H3,(H,35,39). The average molecular weight is 617 g/mol. The first-order valence-electron chi connectivity index (χ1n) is 14.3. The number of hydrogen-bond acceptors (Lipinski definition) is 6. The minimum Gasteiger partial charge on any atom is -0.496 e. The second kappa shape index (κ2) is 12.8. The summed E-state index contributed by atoms with van der Waals surface area (Å²) in [6.07, 6.45) is 1.90. The largest absolute Gasteiger partial charge is 0.496 e. The third-order valence-corrected chi connectivity index (χ3v) is 9.25. The molecule has 3 heterocycles. The molecule has 2 amide bonds. The molecule has 43 heavy (non-hydrogen) atoms. The molecule has 1 fully saturated rings. The average Bonchev–Trinajstić information content (AvgIpc) is 3.66. The number of carbonyl (C=O) groups excluding carboxylic acids is 2. The fourth-order valence-corrected chi connectivity index (χ4v) is 6.92. The normalized spacial score (nSPS) is 18.3. The summed E-state index contributed by atoms with van der Waals surface area (Å²) in [5.74, 6) is 1.02. The van der Waals surface area contributed by atoms with Crippen molar-refractivity contribution in [3.63, 3.8) is 0 Å². The first-order chi connectivity index (χ1) is 20.9. The maximum absolute atomic E-state index is 13.9. The third kappa shape index (κ3) is 6.16. The number of nitrogens with one attached hydrogen (secondary N) is 1. The number of hydrogen-bond donors (Lipinski definition) is 1. The Kier molecular flexibility index (Phi) is 8.74. The van der Waals surface area contributed by atoms with Gasteiger partial charge in [-0.1, -0.05) is 59.6 Å². The van der Waals surface area contributed by atoms with Crippen molar-refractivity contribution in [3.05, 3.63) is 94.5 Å². The van der Waals surface area contributed by atoms with Crippen LogP contribution in [0.2, 0.25) is 5.02 Å². The third-order valence-electron chi connectivity index (χ3n) is 7.76. The lowest BCUT2D eigenvalue weighted by Crippen LogP contribution is -2.44. The lowest BCUT2D eigenvalue weighted by molar-refractivity contribution is -0.123. The minimum absolute atomic E-state index is 0.000536. The molecular weight excluding hydrogens is 584 g/mol. The van der Waals surface area contributed by atoms with Crippen LogP contribution in [0.25, 0.3) is 16.9 Å². The van der Waals surface area contributed by atoms with Crippen molar-refractivity contribution in [2.24, 2.45) is 0 Å². The Morgan fingerprint density at radius 2 is 1.88 bits per heavy atom. The highest BCUT2D eigenvalue weighted by molar-refractivity contribution is 8.00. The molecule has 6 rings (SSSR count). The molecule has 2 aliphatic heterocycles. The predicted octanol–water partition coefficient (Wildman–Crippen LogP) is 5.97. The number of carbonyl (C=O) groups is 2. The van der Waals surface area contributed by atoms with E-state index in [1.165, 1.54) is 11.8 Å². The van der Waals surface area contributed by atoms with Gasteiger partial charge in [0.1, 0.15) is 18.1 Å². The van der Waals surface area contributed by atoms with E-state index in [4.69, 9.17) is 26.2 Å². The van der Waals surface area contributed by atoms with E-state index in [0.29, 0.717) is 35.4 Å². The van der Waals surface area contributed by atoms with Crippen LogP contribution >= 0.6 is 23.4 Å². The Morgan fingerprint density at radius 1 is 1.12 bits per heavy atom. The minimum atomic E-state index is -0.306. The van der Waals surface area contributed by atoms with Crippen LogP contribution in [0.1, 0.15) is 34.8 Å². The van der Waals surface area contributed by atoms with Crippen LogP contribution in [-0.4, -0.2) is 60.3 Å². The van der Waals surface area contributed by atoms with E-state index >= 15 is 0 Å². The number of aryl methyl sites for hydroxylation is 1. The van der Waals surface area contributed by atoms with Crippen molar-refractivity contribution in [1.82, 2.24) is 15.1 Å². The first kappa shape index (κ1) is 29.3. The summed E-state index contributed by atoms with van der Waals surface area (Å²) in [5, 5.41) is 8.44. The maximum atomic E-state index is 13.9. The molecule has 0 aliphatic carbocycles. The number of para-hydroxylation sites is 1. The summed E-state index contributed by atoms with van der Waals surface area (Å²) in [6.45, 7) is 3.00. The number of benzene rings is 3. The quantitative estimate of drug-likeness (QED) is 0.262. The molecule has 0 spiro atoms. The summed E-state index contributed by atoms with van der Waals surface area (Å²) >= 11 is 7.78. The molecule has 8 nitrogen and oxygen atoms in total. The topological polar surface area (TPSA) is 85.7 Å². The van der Waals surface area contributed by atoms with Crippen LogP contribution in [0.5, 0.6) is 5.75 Å². The summed E-state index contributed by atoms with van der Waals surface area (Å²) in [6, 6.07) is 23.3. The number of thioether (sulfide) groups is 1. The van der Waals surface area contributed by atoms with Crippen molar-refractivity contribution >= 4 is 41.0 Å². The Bertz CT molecular complexity index is 1620. The number of halogens is 1. The molecule has 4 aromatic rings. The Balaban J connectivity index is 1.54. The Labute approximate surface area is 260 Å². The van der Waals surface area contributed by atoms with Gasteiger partial charge in [-0.2, -0.15) is 5.10 Å². The fourth-order valence-electron chi connectivity index (χ4n) is 5.57. The van der Waals surface area contributed by atoms with Crippen LogP contribution in [0.3, 0.4) is 0 Å². The summed E-state index contributed by atoms with van der Waals surface area (Å²) in [5.41, 5.74) is 5.19. The molecule has 1 saturated heterocycles.